The van der Waals surface area contributed by atoms with Gasteiger partial charge in [-0.1, -0.05) is 0 Å². The van der Waals surface area contributed by atoms with Crippen molar-refractivity contribution in [1.29, 1.82) is 0 Å². The van der Waals surface area contributed by atoms with E-state index in [2.05, 4.69) is 4.98 Å². The Labute approximate surface area is 98.3 Å². The van der Waals surface area contributed by atoms with Crippen LogP contribution in [-0.4, -0.2) is 27.7 Å². The highest BCUT2D eigenvalue weighted by Gasteiger charge is 2.11. The minimum absolute atomic E-state index is 0.217. The molecule has 0 aliphatic heterocycles. The van der Waals surface area contributed by atoms with Crippen molar-refractivity contribution in [3.8, 4) is 11.4 Å². The predicted molar refractivity (Wildman–Crippen MR) is 61.8 cm³/mol. The van der Waals surface area contributed by atoms with Crippen molar-refractivity contribution in [3.63, 3.8) is 0 Å². The number of rotatable bonds is 3. The summed E-state index contributed by atoms with van der Waals surface area (Å²) >= 11 is 0. The van der Waals surface area contributed by atoms with Crippen LogP contribution in [0.25, 0.3) is 5.69 Å². The number of carbonyl (C=O) groups is 1. The van der Waals surface area contributed by atoms with Gasteiger partial charge in [-0.05, 0) is 25.1 Å². The van der Waals surface area contributed by atoms with Gasteiger partial charge in [-0.2, -0.15) is 0 Å². The van der Waals surface area contributed by atoms with E-state index in [1.165, 1.54) is 6.07 Å². The number of methoxy groups -OCH3 is 1. The van der Waals surface area contributed by atoms with Crippen molar-refractivity contribution < 1.29 is 14.6 Å². The molecule has 5 nitrogen and oxygen atoms in total. The Morgan fingerprint density at radius 3 is 2.76 bits per heavy atom. The first kappa shape index (κ1) is 11.2. The zero-order chi connectivity index (χ0) is 12.4. The molecule has 0 fully saturated rings. The second-order valence-corrected chi connectivity index (χ2v) is 3.60. The van der Waals surface area contributed by atoms with Crippen LogP contribution in [0, 0.1) is 6.92 Å². The topological polar surface area (TPSA) is 64.3 Å². The SMILES string of the molecule is COc1ccc(C(=O)O)cc1-n1cncc1C. The van der Waals surface area contributed by atoms with Crippen molar-refractivity contribution in [1.82, 2.24) is 9.55 Å². The van der Waals surface area contributed by atoms with Crippen LogP contribution >= 0.6 is 0 Å². The van der Waals surface area contributed by atoms with E-state index in [0.717, 1.165) is 5.69 Å². The van der Waals surface area contributed by atoms with E-state index in [1.807, 2.05) is 6.92 Å². The number of nitrogens with zero attached hydrogens (tertiary/aromatic N) is 2. The molecule has 0 saturated carbocycles. The van der Waals surface area contributed by atoms with Crippen molar-refractivity contribution in [2.24, 2.45) is 0 Å². The number of aromatic nitrogens is 2. The van der Waals surface area contributed by atoms with Crippen LogP contribution in [0.3, 0.4) is 0 Å². The number of aryl methyl sites for hydroxylation is 1. The van der Waals surface area contributed by atoms with Gasteiger partial charge in [0, 0.05) is 11.9 Å². The van der Waals surface area contributed by atoms with Gasteiger partial charge >= 0.3 is 5.97 Å². The Balaban J connectivity index is 2.61. The normalized spacial score (nSPS) is 10.2. The molecule has 0 bridgehead atoms. The quantitative estimate of drug-likeness (QED) is 0.877. The maximum atomic E-state index is 10.9. The highest BCUT2D eigenvalue weighted by atomic mass is 16.5. The van der Waals surface area contributed by atoms with E-state index in [9.17, 15) is 4.79 Å². The van der Waals surface area contributed by atoms with Crippen LogP contribution in [0.4, 0.5) is 0 Å². The van der Waals surface area contributed by atoms with Crippen molar-refractivity contribution in [3.05, 3.63) is 42.0 Å². The van der Waals surface area contributed by atoms with E-state index in [0.29, 0.717) is 11.4 Å². The fraction of sp³-hybridized carbons (Fsp3) is 0.167. The zero-order valence-electron chi connectivity index (χ0n) is 9.54. The lowest BCUT2D eigenvalue weighted by Crippen LogP contribution is -2.03. The third-order valence-corrected chi connectivity index (χ3v) is 2.51. The number of carboxylic acid groups (broad SMARTS) is 1. The molecule has 2 rings (SSSR count). The number of hydrogen-bond acceptors (Lipinski definition) is 3. The van der Waals surface area contributed by atoms with E-state index < -0.39 is 5.97 Å². The van der Waals surface area contributed by atoms with Gasteiger partial charge in [0.1, 0.15) is 5.75 Å². The first-order chi connectivity index (χ1) is 8.13. The van der Waals surface area contributed by atoms with Gasteiger partial charge in [0.15, 0.2) is 0 Å². The molecular formula is C12H12N2O3. The fourth-order valence-corrected chi connectivity index (χ4v) is 1.62. The summed E-state index contributed by atoms with van der Waals surface area (Å²) in [4.78, 5) is 14.9. The van der Waals surface area contributed by atoms with Gasteiger partial charge in [0.2, 0.25) is 0 Å². The number of carboxylic acids is 1. The van der Waals surface area contributed by atoms with Crippen LogP contribution in [0.1, 0.15) is 16.1 Å². The third-order valence-electron chi connectivity index (χ3n) is 2.51. The maximum Gasteiger partial charge on any atom is 0.335 e. The number of benzene rings is 1. The Hall–Kier alpha value is -2.30. The maximum absolute atomic E-state index is 10.9. The molecule has 17 heavy (non-hydrogen) atoms. The zero-order valence-corrected chi connectivity index (χ0v) is 9.54. The lowest BCUT2D eigenvalue weighted by Gasteiger charge is -2.11. The van der Waals surface area contributed by atoms with Crippen molar-refractivity contribution in [2.75, 3.05) is 7.11 Å². The molecule has 1 heterocycles. The summed E-state index contributed by atoms with van der Waals surface area (Å²) < 4.78 is 7.00. The second-order valence-electron chi connectivity index (χ2n) is 3.60. The molecule has 5 heteroatoms. The Morgan fingerprint density at radius 1 is 1.47 bits per heavy atom. The molecule has 0 unspecified atom stereocenters. The third kappa shape index (κ3) is 1.99. The van der Waals surface area contributed by atoms with Crippen LogP contribution in [0.15, 0.2) is 30.7 Å². The molecule has 1 aromatic heterocycles. The molecule has 1 N–H and O–H groups in total. The van der Waals surface area contributed by atoms with E-state index in [4.69, 9.17) is 9.84 Å². The Bertz CT molecular complexity index is 561. The first-order valence-electron chi connectivity index (χ1n) is 5.04. The standard InChI is InChI=1S/C12H12N2O3/c1-8-6-13-7-14(8)10-5-9(12(15)16)3-4-11(10)17-2/h3-7H,1-2H3,(H,15,16). The van der Waals surface area contributed by atoms with E-state index >= 15 is 0 Å². The molecule has 0 aliphatic carbocycles. The summed E-state index contributed by atoms with van der Waals surface area (Å²) in [6.07, 6.45) is 3.33. The first-order valence-corrected chi connectivity index (χ1v) is 5.04. The predicted octanol–water partition coefficient (Wildman–Crippen LogP) is 1.89. The molecule has 88 valence electrons. The van der Waals surface area contributed by atoms with Crippen molar-refractivity contribution >= 4 is 5.97 Å². The molecule has 1 aromatic carbocycles. The minimum Gasteiger partial charge on any atom is -0.495 e. The summed E-state index contributed by atoms with van der Waals surface area (Å²) in [5, 5.41) is 8.97. The minimum atomic E-state index is -0.966. The molecule has 0 atom stereocenters. The monoisotopic (exact) mass is 232 g/mol. The highest BCUT2D eigenvalue weighted by Crippen LogP contribution is 2.25. The van der Waals surface area contributed by atoms with Crippen LogP contribution in [0.2, 0.25) is 0 Å². The molecule has 2 aromatic rings. The summed E-state index contributed by atoms with van der Waals surface area (Å²) in [5.74, 6) is -0.359. The average Bonchev–Trinajstić information content (AvgIpc) is 2.74. The largest absolute Gasteiger partial charge is 0.495 e. The van der Waals surface area contributed by atoms with Gasteiger partial charge in [-0.15, -0.1) is 0 Å². The molecule has 0 aliphatic rings. The lowest BCUT2D eigenvalue weighted by molar-refractivity contribution is 0.0697. The molecule has 0 spiro atoms. The number of ether oxygens (including phenoxy) is 1. The molecular weight excluding hydrogens is 220 g/mol. The smallest absolute Gasteiger partial charge is 0.335 e. The number of imidazole rings is 1. The van der Waals surface area contributed by atoms with Gasteiger partial charge in [0.05, 0.1) is 24.7 Å². The van der Waals surface area contributed by atoms with Crippen LogP contribution in [-0.2, 0) is 0 Å². The average molecular weight is 232 g/mol. The summed E-state index contributed by atoms with van der Waals surface area (Å²) in [7, 11) is 1.55. The van der Waals surface area contributed by atoms with Gasteiger partial charge in [0.25, 0.3) is 0 Å². The summed E-state index contributed by atoms with van der Waals surface area (Å²) in [6.45, 7) is 1.89. The summed E-state index contributed by atoms with van der Waals surface area (Å²) in [5.41, 5.74) is 1.79. The van der Waals surface area contributed by atoms with Crippen LogP contribution < -0.4 is 4.74 Å². The van der Waals surface area contributed by atoms with E-state index in [-0.39, 0.29) is 5.56 Å². The molecule has 0 radical (unpaired) electrons. The molecule has 0 amide bonds. The second kappa shape index (κ2) is 4.29. The summed E-state index contributed by atoms with van der Waals surface area (Å²) in [6, 6.07) is 4.71. The van der Waals surface area contributed by atoms with E-state index in [1.54, 1.807) is 36.3 Å². The van der Waals surface area contributed by atoms with Gasteiger partial charge < -0.3 is 9.84 Å². The van der Waals surface area contributed by atoms with Crippen LogP contribution in [0.5, 0.6) is 5.75 Å². The lowest BCUT2D eigenvalue weighted by atomic mass is 10.2. The Kier molecular flexibility index (Phi) is 2.82. The van der Waals surface area contributed by atoms with Gasteiger partial charge in [-0.3, -0.25) is 4.57 Å². The number of hydrogen-bond donors (Lipinski definition) is 1. The molecule has 0 saturated heterocycles. The van der Waals surface area contributed by atoms with Gasteiger partial charge in [-0.25, -0.2) is 9.78 Å². The highest BCUT2D eigenvalue weighted by molar-refractivity contribution is 5.88. The number of aromatic carboxylic acids is 1. The Morgan fingerprint density at radius 2 is 2.24 bits per heavy atom. The fourth-order valence-electron chi connectivity index (χ4n) is 1.62. The van der Waals surface area contributed by atoms with Crippen molar-refractivity contribution in [2.45, 2.75) is 6.92 Å².